The molecule has 0 N–H and O–H groups in total. The number of carbonyl (C=O) groups excluding carboxylic acids is 1. The molecule has 1 aromatic heterocycles. The van der Waals surface area contributed by atoms with Gasteiger partial charge in [0.25, 0.3) is 5.91 Å². The first-order chi connectivity index (χ1) is 8.61. The summed E-state index contributed by atoms with van der Waals surface area (Å²) in [6.07, 6.45) is 3.27. The SMILES string of the molecule is CCC1CCN(C(=O)c2cc(Cl)nnc2Cl)CC1. The lowest BCUT2D eigenvalue weighted by Crippen LogP contribution is -2.38. The average molecular weight is 288 g/mol. The number of piperidine rings is 1. The van der Waals surface area contributed by atoms with E-state index in [9.17, 15) is 4.79 Å². The summed E-state index contributed by atoms with van der Waals surface area (Å²) in [5.74, 6) is 0.620. The fraction of sp³-hybridized carbons (Fsp3) is 0.583. The molecular formula is C12H15Cl2N3O. The second-order valence-electron chi connectivity index (χ2n) is 4.52. The van der Waals surface area contributed by atoms with Crippen LogP contribution in [-0.4, -0.2) is 34.1 Å². The highest BCUT2D eigenvalue weighted by molar-refractivity contribution is 6.34. The van der Waals surface area contributed by atoms with Gasteiger partial charge in [0.15, 0.2) is 10.3 Å². The lowest BCUT2D eigenvalue weighted by molar-refractivity contribution is 0.0688. The number of aromatic nitrogens is 2. The van der Waals surface area contributed by atoms with Gasteiger partial charge in [0.05, 0.1) is 5.56 Å². The molecular weight excluding hydrogens is 273 g/mol. The van der Waals surface area contributed by atoms with E-state index in [0.29, 0.717) is 5.56 Å². The third-order valence-corrected chi connectivity index (χ3v) is 3.89. The minimum atomic E-state index is -0.105. The van der Waals surface area contributed by atoms with Crippen LogP contribution in [0.1, 0.15) is 36.5 Å². The highest BCUT2D eigenvalue weighted by atomic mass is 35.5. The second-order valence-corrected chi connectivity index (χ2v) is 5.26. The molecule has 2 rings (SSSR count). The minimum absolute atomic E-state index is 0.105. The van der Waals surface area contributed by atoms with Crippen molar-refractivity contribution in [3.05, 3.63) is 21.9 Å². The Kier molecular flexibility index (Phi) is 4.40. The first-order valence-corrected chi connectivity index (χ1v) is 6.85. The number of halogens is 2. The number of nitrogens with zero attached hydrogens (tertiary/aromatic N) is 3. The molecule has 0 spiro atoms. The first kappa shape index (κ1) is 13.6. The number of carbonyl (C=O) groups is 1. The Balaban J connectivity index is 2.10. The van der Waals surface area contributed by atoms with Gasteiger partial charge in [-0.15, -0.1) is 10.2 Å². The standard InChI is InChI=1S/C12H15Cl2N3O/c1-2-8-3-5-17(6-4-8)12(18)9-7-10(13)15-16-11(9)14/h7-8H,2-6H2,1H3. The maximum Gasteiger partial charge on any atom is 0.257 e. The van der Waals surface area contributed by atoms with E-state index < -0.39 is 0 Å². The highest BCUT2D eigenvalue weighted by Crippen LogP contribution is 2.23. The molecule has 1 fully saturated rings. The molecule has 0 unspecified atom stereocenters. The van der Waals surface area contributed by atoms with Crippen molar-refractivity contribution in [2.45, 2.75) is 26.2 Å². The molecule has 6 heteroatoms. The molecule has 1 aliphatic rings. The summed E-state index contributed by atoms with van der Waals surface area (Å²) < 4.78 is 0. The second kappa shape index (κ2) is 5.85. The number of hydrogen-bond donors (Lipinski definition) is 0. The molecule has 1 aromatic rings. The van der Waals surface area contributed by atoms with Crippen LogP contribution in [0.25, 0.3) is 0 Å². The summed E-state index contributed by atoms with van der Waals surface area (Å²) in [4.78, 5) is 14.1. The Morgan fingerprint density at radius 1 is 1.39 bits per heavy atom. The lowest BCUT2D eigenvalue weighted by atomic mass is 9.94. The highest BCUT2D eigenvalue weighted by Gasteiger charge is 2.24. The van der Waals surface area contributed by atoms with Crippen LogP contribution in [0.2, 0.25) is 10.3 Å². The molecule has 1 saturated heterocycles. The van der Waals surface area contributed by atoms with Gasteiger partial charge < -0.3 is 4.90 Å². The number of rotatable bonds is 2. The summed E-state index contributed by atoms with van der Waals surface area (Å²) in [6, 6.07) is 1.48. The molecule has 1 amide bonds. The minimum Gasteiger partial charge on any atom is -0.339 e. The Morgan fingerprint density at radius 3 is 2.67 bits per heavy atom. The summed E-state index contributed by atoms with van der Waals surface area (Å²) >= 11 is 11.6. The lowest BCUT2D eigenvalue weighted by Gasteiger charge is -2.31. The van der Waals surface area contributed by atoms with E-state index in [1.807, 2.05) is 4.90 Å². The van der Waals surface area contributed by atoms with Crippen molar-refractivity contribution in [2.75, 3.05) is 13.1 Å². The van der Waals surface area contributed by atoms with Gasteiger partial charge in [0.2, 0.25) is 0 Å². The van der Waals surface area contributed by atoms with E-state index in [2.05, 4.69) is 17.1 Å². The molecule has 2 heterocycles. The van der Waals surface area contributed by atoms with Crippen LogP contribution >= 0.6 is 23.2 Å². The van der Waals surface area contributed by atoms with Gasteiger partial charge in [-0.2, -0.15) is 0 Å². The van der Waals surface area contributed by atoms with Gasteiger partial charge in [-0.3, -0.25) is 4.79 Å². The largest absolute Gasteiger partial charge is 0.339 e. The average Bonchev–Trinajstić information content (AvgIpc) is 2.41. The van der Waals surface area contributed by atoms with Crippen LogP contribution in [0.4, 0.5) is 0 Å². The monoisotopic (exact) mass is 287 g/mol. The van der Waals surface area contributed by atoms with E-state index >= 15 is 0 Å². The van der Waals surface area contributed by atoms with E-state index in [-0.39, 0.29) is 16.2 Å². The Morgan fingerprint density at radius 2 is 2.06 bits per heavy atom. The van der Waals surface area contributed by atoms with E-state index in [1.54, 1.807) is 0 Å². The van der Waals surface area contributed by atoms with Gasteiger partial charge in [-0.05, 0) is 24.8 Å². The molecule has 1 aliphatic heterocycles. The predicted octanol–water partition coefficient (Wildman–Crippen LogP) is 3.05. The first-order valence-electron chi connectivity index (χ1n) is 6.09. The number of likely N-dealkylation sites (tertiary alicyclic amines) is 1. The predicted molar refractivity (Wildman–Crippen MR) is 71.0 cm³/mol. The van der Waals surface area contributed by atoms with Crippen LogP contribution in [0.3, 0.4) is 0 Å². The summed E-state index contributed by atoms with van der Waals surface area (Å²) in [6.45, 7) is 3.73. The van der Waals surface area contributed by atoms with Crippen molar-refractivity contribution in [3.63, 3.8) is 0 Å². The topological polar surface area (TPSA) is 46.1 Å². The molecule has 4 nitrogen and oxygen atoms in total. The number of amides is 1. The van der Waals surface area contributed by atoms with E-state index in [1.165, 1.54) is 12.5 Å². The third-order valence-electron chi connectivity index (χ3n) is 3.43. The zero-order chi connectivity index (χ0) is 13.1. The zero-order valence-corrected chi connectivity index (χ0v) is 11.7. The molecule has 0 atom stereocenters. The molecule has 18 heavy (non-hydrogen) atoms. The molecule has 0 bridgehead atoms. The zero-order valence-electron chi connectivity index (χ0n) is 10.2. The van der Waals surface area contributed by atoms with Gasteiger partial charge in [-0.25, -0.2) is 0 Å². The van der Waals surface area contributed by atoms with Crippen molar-refractivity contribution in [2.24, 2.45) is 5.92 Å². The molecule has 0 aliphatic carbocycles. The van der Waals surface area contributed by atoms with E-state index in [4.69, 9.17) is 23.2 Å². The van der Waals surface area contributed by atoms with Crippen LogP contribution in [0.5, 0.6) is 0 Å². The quantitative estimate of drug-likeness (QED) is 0.840. The van der Waals surface area contributed by atoms with Gasteiger partial charge in [0.1, 0.15) is 0 Å². The summed E-state index contributed by atoms with van der Waals surface area (Å²) in [5, 5.41) is 7.57. The maximum atomic E-state index is 12.3. The molecule has 0 saturated carbocycles. The van der Waals surface area contributed by atoms with E-state index in [0.717, 1.165) is 31.8 Å². The third kappa shape index (κ3) is 2.93. The summed E-state index contributed by atoms with van der Waals surface area (Å²) in [5.41, 5.74) is 0.339. The maximum absolute atomic E-state index is 12.3. The normalized spacial score (nSPS) is 16.9. The van der Waals surface area contributed by atoms with Gasteiger partial charge >= 0.3 is 0 Å². The van der Waals surface area contributed by atoms with Crippen LogP contribution in [0, 0.1) is 5.92 Å². The van der Waals surface area contributed by atoms with Gasteiger partial charge in [0, 0.05) is 13.1 Å². The molecule has 98 valence electrons. The molecule has 0 aromatic carbocycles. The number of hydrogen-bond acceptors (Lipinski definition) is 3. The van der Waals surface area contributed by atoms with Crippen LogP contribution < -0.4 is 0 Å². The van der Waals surface area contributed by atoms with Crippen molar-refractivity contribution in [1.29, 1.82) is 0 Å². The van der Waals surface area contributed by atoms with Crippen LogP contribution in [0.15, 0.2) is 6.07 Å². The smallest absolute Gasteiger partial charge is 0.257 e. The Labute approximate surface area is 116 Å². The Bertz CT molecular complexity index is 445. The van der Waals surface area contributed by atoms with Crippen molar-refractivity contribution < 1.29 is 4.79 Å². The van der Waals surface area contributed by atoms with Crippen molar-refractivity contribution in [3.8, 4) is 0 Å². The summed E-state index contributed by atoms with van der Waals surface area (Å²) in [7, 11) is 0. The van der Waals surface area contributed by atoms with Gasteiger partial charge in [-0.1, -0.05) is 36.5 Å². The van der Waals surface area contributed by atoms with Crippen molar-refractivity contribution >= 4 is 29.1 Å². The fourth-order valence-electron chi connectivity index (χ4n) is 2.22. The van der Waals surface area contributed by atoms with Crippen molar-refractivity contribution in [1.82, 2.24) is 15.1 Å². The fourth-order valence-corrected chi connectivity index (χ4v) is 2.54. The molecule has 0 radical (unpaired) electrons. The van der Waals surface area contributed by atoms with Crippen LogP contribution in [-0.2, 0) is 0 Å². The Hall–Kier alpha value is -0.870.